The summed E-state index contributed by atoms with van der Waals surface area (Å²) in [6.07, 6.45) is -1.37. The van der Waals surface area contributed by atoms with Gasteiger partial charge in [0.1, 0.15) is 18.3 Å². The van der Waals surface area contributed by atoms with Crippen molar-refractivity contribution in [2.45, 2.75) is 63.4 Å². The van der Waals surface area contributed by atoms with Crippen LogP contribution >= 0.6 is 0 Å². The summed E-state index contributed by atoms with van der Waals surface area (Å²) >= 11 is 0. The Morgan fingerprint density at radius 2 is 1.82 bits per heavy atom. The third-order valence-corrected chi connectivity index (χ3v) is 4.34. The molecule has 3 N–H and O–H groups in total. The van der Waals surface area contributed by atoms with E-state index in [1.165, 1.54) is 0 Å². The summed E-state index contributed by atoms with van der Waals surface area (Å²) in [6.45, 7) is 7.09. The Morgan fingerprint density at radius 3 is 2.45 bits per heavy atom. The topological polar surface area (TPSA) is 118 Å². The number of ether oxygens (including phenoxy) is 5. The van der Waals surface area contributed by atoms with E-state index in [-0.39, 0.29) is 19.3 Å². The van der Waals surface area contributed by atoms with Gasteiger partial charge in [-0.25, -0.2) is 5.14 Å². The van der Waals surface area contributed by atoms with Gasteiger partial charge in [-0.3, -0.25) is 0 Å². The van der Waals surface area contributed by atoms with Crippen LogP contribution in [0.4, 0.5) is 0 Å². The summed E-state index contributed by atoms with van der Waals surface area (Å²) in [5.41, 5.74) is 0. The molecule has 0 aromatic rings. The van der Waals surface area contributed by atoms with Crippen molar-refractivity contribution in [2.24, 2.45) is 5.14 Å². The average Bonchev–Trinajstić information content (AvgIpc) is 2.78. The van der Waals surface area contributed by atoms with E-state index in [1.54, 1.807) is 27.7 Å². The summed E-state index contributed by atoms with van der Waals surface area (Å²) < 4.78 is 53.9. The third-order valence-electron chi connectivity index (χ3n) is 3.79. The monoisotopic (exact) mass is 338 g/mol. The quantitative estimate of drug-likeness (QED) is 0.690. The van der Waals surface area contributed by atoms with Gasteiger partial charge in [0.25, 0.3) is 10.2 Å². The van der Waals surface area contributed by atoms with Crippen molar-refractivity contribution in [3.63, 3.8) is 0 Å². The minimum Gasteiger partial charge on any atom is -0.343 e. The van der Waals surface area contributed by atoms with Crippen LogP contribution in [0.2, 0.25) is 0 Å². The lowest BCUT2D eigenvalue weighted by molar-refractivity contribution is -0.276. The molecule has 0 saturated carbocycles. The Bertz CT molecular complexity index is 564. The molecular formula is C12H22N2O7S. The summed E-state index contributed by atoms with van der Waals surface area (Å²) in [5.74, 6) is -3.02. The highest BCUT2D eigenvalue weighted by Gasteiger charge is 2.65. The van der Waals surface area contributed by atoms with Crippen molar-refractivity contribution >= 4 is 10.2 Å². The molecule has 9 nitrogen and oxygen atoms in total. The largest absolute Gasteiger partial charge is 0.343 e. The second kappa shape index (κ2) is 4.84. The van der Waals surface area contributed by atoms with Crippen LogP contribution in [0, 0.1) is 0 Å². The predicted molar refractivity (Wildman–Crippen MR) is 73.7 cm³/mol. The van der Waals surface area contributed by atoms with Crippen molar-refractivity contribution in [3.05, 3.63) is 0 Å². The number of hydrogen-bond donors (Lipinski definition) is 2. The molecule has 4 unspecified atom stereocenters. The van der Waals surface area contributed by atoms with E-state index in [1.807, 2.05) is 0 Å². The Morgan fingerprint density at radius 1 is 1.14 bits per heavy atom. The SMILES string of the molecule is CC1(C)OC2COC3(CNS(N)(=O)=O)OC(C)(C)OC3C2O1. The highest BCUT2D eigenvalue weighted by molar-refractivity contribution is 7.87. The standard InChI is InChI=1S/C12H22N2O7S/c1-10(2)18-7-5-17-12(6-14-22(13,15)16)9(8(7)19-10)20-11(3,4)21-12/h7-9,14H,5-6H2,1-4H3,(H2,13,15,16). The summed E-state index contributed by atoms with van der Waals surface area (Å²) in [6, 6.07) is 0. The van der Waals surface area contributed by atoms with Crippen molar-refractivity contribution in [1.82, 2.24) is 4.72 Å². The number of nitrogens with one attached hydrogen (secondary N) is 1. The molecule has 3 aliphatic rings. The lowest BCUT2D eigenvalue weighted by Gasteiger charge is -2.40. The maximum atomic E-state index is 11.2. The average molecular weight is 338 g/mol. The minimum atomic E-state index is -3.89. The van der Waals surface area contributed by atoms with Gasteiger partial charge in [-0.2, -0.15) is 13.1 Å². The molecule has 0 radical (unpaired) electrons. The fourth-order valence-electron chi connectivity index (χ4n) is 3.18. The molecule has 0 aromatic carbocycles. The number of rotatable bonds is 3. The predicted octanol–water partition coefficient (Wildman–Crippen LogP) is -0.822. The second-order valence-electron chi connectivity index (χ2n) is 6.67. The molecular weight excluding hydrogens is 316 g/mol. The Kier molecular flexibility index (Phi) is 3.63. The van der Waals surface area contributed by atoms with Crippen molar-refractivity contribution in [1.29, 1.82) is 0 Å². The molecule has 0 aromatic heterocycles. The molecule has 10 heteroatoms. The first-order chi connectivity index (χ1) is 9.92. The number of nitrogens with two attached hydrogens (primary N) is 1. The lowest BCUT2D eigenvalue weighted by atomic mass is 9.97. The van der Waals surface area contributed by atoms with E-state index in [4.69, 9.17) is 28.8 Å². The van der Waals surface area contributed by atoms with Crippen LogP contribution in [0.5, 0.6) is 0 Å². The van der Waals surface area contributed by atoms with Crippen LogP contribution in [-0.2, 0) is 33.9 Å². The fourth-order valence-corrected chi connectivity index (χ4v) is 3.59. The van der Waals surface area contributed by atoms with E-state index in [0.717, 1.165) is 0 Å². The molecule has 4 atom stereocenters. The zero-order valence-corrected chi connectivity index (χ0v) is 13.8. The van der Waals surface area contributed by atoms with Crippen LogP contribution in [0.15, 0.2) is 0 Å². The van der Waals surface area contributed by atoms with E-state index in [9.17, 15) is 8.42 Å². The summed E-state index contributed by atoms with van der Waals surface area (Å²) in [5, 5.41) is 5.00. The second-order valence-corrected chi connectivity index (χ2v) is 8.05. The van der Waals surface area contributed by atoms with Crippen molar-refractivity contribution in [2.75, 3.05) is 13.2 Å². The minimum absolute atomic E-state index is 0.174. The van der Waals surface area contributed by atoms with Gasteiger partial charge in [0.15, 0.2) is 11.6 Å². The van der Waals surface area contributed by atoms with Gasteiger partial charge in [-0.05, 0) is 27.7 Å². The van der Waals surface area contributed by atoms with Crippen LogP contribution in [0.25, 0.3) is 0 Å². The number of hydrogen-bond acceptors (Lipinski definition) is 7. The number of fused-ring (bicyclic) bond motifs is 3. The molecule has 3 heterocycles. The van der Waals surface area contributed by atoms with Gasteiger partial charge in [-0.1, -0.05) is 0 Å². The van der Waals surface area contributed by atoms with Crippen molar-refractivity contribution in [3.8, 4) is 0 Å². The highest BCUT2D eigenvalue weighted by atomic mass is 32.2. The van der Waals surface area contributed by atoms with Gasteiger partial charge in [0.2, 0.25) is 5.79 Å². The summed E-state index contributed by atoms with van der Waals surface area (Å²) in [4.78, 5) is 0. The van der Waals surface area contributed by atoms with E-state index in [0.29, 0.717) is 0 Å². The summed E-state index contributed by atoms with van der Waals surface area (Å²) in [7, 11) is -3.89. The molecule has 128 valence electrons. The maximum absolute atomic E-state index is 11.2. The van der Waals surface area contributed by atoms with Gasteiger partial charge in [-0.15, -0.1) is 0 Å². The van der Waals surface area contributed by atoms with Crippen LogP contribution in [0.3, 0.4) is 0 Å². The molecule has 3 saturated heterocycles. The first kappa shape index (κ1) is 16.5. The van der Waals surface area contributed by atoms with Gasteiger partial charge in [0, 0.05) is 0 Å². The molecule has 0 bridgehead atoms. The Hall–Kier alpha value is -0.330. The molecule has 3 rings (SSSR count). The zero-order valence-electron chi connectivity index (χ0n) is 13.0. The van der Waals surface area contributed by atoms with E-state index in [2.05, 4.69) is 4.72 Å². The van der Waals surface area contributed by atoms with Gasteiger partial charge < -0.3 is 23.7 Å². The van der Waals surface area contributed by atoms with E-state index >= 15 is 0 Å². The first-order valence-electron chi connectivity index (χ1n) is 7.06. The van der Waals surface area contributed by atoms with Gasteiger partial charge in [0.05, 0.1) is 13.2 Å². The smallest absolute Gasteiger partial charge is 0.274 e. The molecule has 22 heavy (non-hydrogen) atoms. The zero-order chi connectivity index (χ0) is 16.4. The molecule has 0 amide bonds. The van der Waals surface area contributed by atoms with Crippen LogP contribution in [0.1, 0.15) is 27.7 Å². The Balaban J connectivity index is 1.87. The lowest BCUT2D eigenvalue weighted by Crippen LogP contribution is -2.62. The first-order valence-corrected chi connectivity index (χ1v) is 8.61. The van der Waals surface area contributed by atoms with E-state index < -0.39 is 39.8 Å². The normalized spacial score (nSPS) is 42.9. The van der Waals surface area contributed by atoms with Crippen molar-refractivity contribution < 1.29 is 32.1 Å². The highest BCUT2D eigenvalue weighted by Crippen LogP contribution is 2.47. The third kappa shape index (κ3) is 3.02. The Labute approximate surface area is 129 Å². The fraction of sp³-hybridized carbons (Fsp3) is 1.00. The molecule has 3 fully saturated rings. The molecule has 0 spiro atoms. The van der Waals surface area contributed by atoms with Crippen LogP contribution < -0.4 is 9.86 Å². The van der Waals surface area contributed by atoms with Crippen LogP contribution in [-0.4, -0.2) is 57.2 Å². The molecule has 0 aliphatic carbocycles. The van der Waals surface area contributed by atoms with Gasteiger partial charge >= 0.3 is 0 Å². The molecule has 3 aliphatic heterocycles. The maximum Gasteiger partial charge on any atom is 0.274 e.